The maximum Gasteiger partial charge on any atom is 0.326 e. The number of carbonyl (C=O) groups is 7. The predicted octanol–water partition coefficient (Wildman–Crippen LogP) is -4.14. The highest BCUT2D eigenvalue weighted by Crippen LogP contribution is 2.11. The first-order valence-corrected chi connectivity index (χ1v) is 15.2. The van der Waals surface area contributed by atoms with Gasteiger partial charge in [-0.05, 0) is 44.4 Å². The van der Waals surface area contributed by atoms with E-state index in [9.17, 15) is 38.7 Å². The van der Waals surface area contributed by atoms with Crippen molar-refractivity contribution in [3.05, 3.63) is 0 Å². The number of carboxylic acid groups (broad SMARTS) is 1. The van der Waals surface area contributed by atoms with Crippen molar-refractivity contribution in [3.63, 3.8) is 0 Å². The SMILES string of the molecule is CC(C)C[C@H](NC(=O)[C@H](C)NC(=O)[C@@H](N)CO)C(=O)N[C@@H](CC(C)C)C(=O)N[C@@H](CCCN=C(N)N)C(=O)N[C@@H](CC(N)=O)C(=O)O. The Balaban J connectivity index is 6.04. The minimum atomic E-state index is -1.66. The minimum absolute atomic E-state index is 0.0464. The second-order valence-electron chi connectivity index (χ2n) is 12.0. The lowest BCUT2D eigenvalue weighted by Gasteiger charge is -2.28. The van der Waals surface area contributed by atoms with Crippen LogP contribution in [0, 0.1) is 11.8 Å². The molecule has 268 valence electrons. The van der Waals surface area contributed by atoms with Gasteiger partial charge < -0.3 is 59.7 Å². The highest BCUT2D eigenvalue weighted by atomic mass is 16.4. The minimum Gasteiger partial charge on any atom is -0.480 e. The van der Waals surface area contributed by atoms with E-state index in [1.807, 2.05) is 13.8 Å². The maximum absolute atomic E-state index is 13.5. The predicted molar refractivity (Wildman–Crippen MR) is 171 cm³/mol. The first-order chi connectivity index (χ1) is 21.8. The number of aliphatic hydroxyl groups is 1. The number of nitrogens with one attached hydrogen (secondary N) is 5. The van der Waals surface area contributed by atoms with Gasteiger partial charge in [-0.1, -0.05) is 27.7 Å². The summed E-state index contributed by atoms with van der Waals surface area (Å²) in [7, 11) is 0. The van der Waals surface area contributed by atoms with E-state index >= 15 is 0 Å². The highest BCUT2D eigenvalue weighted by Gasteiger charge is 2.33. The molecule has 0 aromatic rings. The molecule has 15 N–H and O–H groups in total. The van der Waals surface area contributed by atoms with Crippen LogP contribution in [0.25, 0.3) is 0 Å². The quantitative estimate of drug-likeness (QED) is 0.0297. The largest absolute Gasteiger partial charge is 0.480 e. The van der Waals surface area contributed by atoms with E-state index in [-0.39, 0.29) is 50.0 Å². The summed E-state index contributed by atoms with van der Waals surface area (Å²) in [5.41, 5.74) is 21.3. The van der Waals surface area contributed by atoms with E-state index < -0.39 is 90.7 Å². The standard InChI is InChI=1S/C28H52N10O9/c1-13(2)9-18(36-22(41)15(5)34-23(42)16(29)12-39)26(45)37-19(10-14(3)4)25(44)35-17(7-6-8-33-28(31)32)24(43)38-20(27(46)47)11-21(30)40/h13-20,39H,6-12,29H2,1-5H3,(H2,30,40)(H,34,42)(H,35,44)(H,36,41)(H,37,45)(H,38,43)(H,46,47)(H4,31,32,33)/t15-,16-,17-,18-,19-,20-/m0/s1. The third-order valence-corrected chi connectivity index (χ3v) is 6.56. The molecule has 0 aromatic heterocycles. The number of aliphatic hydroxyl groups excluding tert-OH is 1. The van der Waals surface area contributed by atoms with Crippen molar-refractivity contribution in [2.45, 2.75) is 103 Å². The summed E-state index contributed by atoms with van der Waals surface area (Å²) in [6.07, 6.45) is -0.272. The molecule has 0 aliphatic rings. The molecule has 0 rings (SSSR count). The van der Waals surface area contributed by atoms with Gasteiger partial charge in [-0.3, -0.25) is 33.8 Å². The van der Waals surface area contributed by atoms with Gasteiger partial charge in [0.15, 0.2) is 5.96 Å². The molecule has 0 saturated heterocycles. The number of nitrogens with zero attached hydrogens (tertiary/aromatic N) is 1. The summed E-state index contributed by atoms with van der Waals surface area (Å²) in [6.45, 7) is 8.02. The first kappa shape index (κ1) is 42.5. The van der Waals surface area contributed by atoms with E-state index in [1.165, 1.54) is 6.92 Å². The van der Waals surface area contributed by atoms with E-state index in [0.29, 0.717) is 0 Å². The molecule has 0 aliphatic heterocycles. The molecule has 0 fully saturated rings. The number of aliphatic imine (C=N–C) groups is 1. The topological polar surface area (TPSA) is 337 Å². The van der Waals surface area contributed by atoms with Gasteiger partial charge in [0.1, 0.15) is 36.3 Å². The Bertz CT molecular complexity index is 1130. The van der Waals surface area contributed by atoms with Crippen LogP contribution in [-0.2, 0) is 33.6 Å². The molecule has 0 saturated carbocycles. The number of carboxylic acids is 1. The van der Waals surface area contributed by atoms with Gasteiger partial charge in [-0.2, -0.15) is 0 Å². The summed E-state index contributed by atoms with van der Waals surface area (Å²) in [5, 5.41) is 30.8. The fraction of sp³-hybridized carbons (Fsp3) is 0.714. The molecule has 19 heteroatoms. The van der Waals surface area contributed by atoms with Gasteiger partial charge in [0, 0.05) is 6.54 Å². The molecule has 0 unspecified atom stereocenters. The van der Waals surface area contributed by atoms with Crippen LogP contribution in [0.2, 0.25) is 0 Å². The molecule has 47 heavy (non-hydrogen) atoms. The molecule has 19 nitrogen and oxygen atoms in total. The fourth-order valence-corrected chi connectivity index (χ4v) is 4.16. The Labute approximate surface area is 273 Å². The van der Waals surface area contributed by atoms with Gasteiger partial charge >= 0.3 is 5.97 Å². The Morgan fingerprint density at radius 3 is 1.53 bits per heavy atom. The van der Waals surface area contributed by atoms with Crippen LogP contribution >= 0.6 is 0 Å². The average Bonchev–Trinajstić information content (AvgIpc) is 2.95. The van der Waals surface area contributed by atoms with Gasteiger partial charge in [0.25, 0.3) is 0 Å². The molecule has 0 heterocycles. The van der Waals surface area contributed by atoms with Crippen LogP contribution in [0.1, 0.15) is 66.7 Å². The fourth-order valence-electron chi connectivity index (χ4n) is 4.16. The number of amides is 6. The van der Waals surface area contributed by atoms with E-state index in [4.69, 9.17) is 28.0 Å². The van der Waals surface area contributed by atoms with E-state index in [2.05, 4.69) is 31.6 Å². The van der Waals surface area contributed by atoms with Crippen molar-refractivity contribution >= 4 is 47.4 Å². The van der Waals surface area contributed by atoms with Crippen LogP contribution in [0.5, 0.6) is 0 Å². The molecule has 6 atom stereocenters. The number of rotatable bonds is 22. The summed E-state index contributed by atoms with van der Waals surface area (Å²) >= 11 is 0. The normalized spacial score (nSPS) is 14.8. The lowest BCUT2D eigenvalue weighted by Crippen LogP contribution is -2.59. The lowest BCUT2D eigenvalue weighted by molar-refractivity contribution is -0.143. The Morgan fingerprint density at radius 1 is 0.660 bits per heavy atom. The zero-order valence-electron chi connectivity index (χ0n) is 27.6. The number of hydrogen-bond donors (Lipinski definition) is 11. The number of primary amides is 1. The third-order valence-electron chi connectivity index (χ3n) is 6.56. The Morgan fingerprint density at radius 2 is 1.11 bits per heavy atom. The van der Waals surface area contributed by atoms with E-state index in [0.717, 1.165) is 0 Å². The Kier molecular flexibility index (Phi) is 19.3. The van der Waals surface area contributed by atoms with Crippen LogP contribution in [0.4, 0.5) is 0 Å². The van der Waals surface area contributed by atoms with E-state index in [1.54, 1.807) is 13.8 Å². The molecule has 0 radical (unpaired) electrons. The van der Waals surface area contributed by atoms with Crippen molar-refractivity contribution in [1.82, 2.24) is 26.6 Å². The number of hydrogen-bond acceptors (Lipinski definition) is 10. The van der Waals surface area contributed by atoms with Crippen LogP contribution in [0.3, 0.4) is 0 Å². The summed E-state index contributed by atoms with van der Waals surface area (Å²) in [6, 6.07) is -7.65. The van der Waals surface area contributed by atoms with Crippen molar-refractivity contribution in [1.29, 1.82) is 0 Å². The maximum atomic E-state index is 13.5. The number of aliphatic carboxylic acids is 1. The third kappa shape index (κ3) is 17.7. The molecule has 0 aliphatic carbocycles. The number of carbonyl (C=O) groups excluding carboxylic acids is 6. The van der Waals surface area contributed by atoms with Crippen molar-refractivity contribution in [2.75, 3.05) is 13.2 Å². The van der Waals surface area contributed by atoms with Gasteiger partial charge in [-0.15, -0.1) is 0 Å². The molecular weight excluding hydrogens is 620 g/mol. The lowest BCUT2D eigenvalue weighted by atomic mass is 9.99. The molecule has 0 aromatic carbocycles. The number of guanidine groups is 1. The summed E-state index contributed by atoms with van der Waals surface area (Å²) < 4.78 is 0. The smallest absolute Gasteiger partial charge is 0.326 e. The monoisotopic (exact) mass is 672 g/mol. The molecular formula is C28H52N10O9. The summed E-state index contributed by atoms with van der Waals surface area (Å²) in [5.74, 6) is -6.79. The van der Waals surface area contributed by atoms with Gasteiger partial charge in [0.05, 0.1) is 13.0 Å². The van der Waals surface area contributed by atoms with Crippen molar-refractivity contribution in [2.24, 2.45) is 39.8 Å². The second kappa shape index (κ2) is 21.3. The average molecular weight is 673 g/mol. The van der Waals surface area contributed by atoms with Crippen LogP contribution < -0.4 is 49.5 Å². The van der Waals surface area contributed by atoms with Crippen molar-refractivity contribution in [3.8, 4) is 0 Å². The molecule has 0 bridgehead atoms. The molecule has 0 spiro atoms. The van der Waals surface area contributed by atoms with Crippen LogP contribution in [-0.4, -0.2) is 107 Å². The Hall–Kier alpha value is -4.52. The first-order valence-electron chi connectivity index (χ1n) is 15.2. The van der Waals surface area contributed by atoms with Crippen molar-refractivity contribution < 1.29 is 43.8 Å². The summed E-state index contributed by atoms with van der Waals surface area (Å²) in [4.78, 5) is 91.7. The van der Waals surface area contributed by atoms with Gasteiger partial charge in [0.2, 0.25) is 35.4 Å². The zero-order valence-corrected chi connectivity index (χ0v) is 27.6. The second-order valence-corrected chi connectivity index (χ2v) is 12.0. The zero-order chi connectivity index (χ0) is 36.4. The molecule has 6 amide bonds. The van der Waals surface area contributed by atoms with Gasteiger partial charge in [-0.25, -0.2) is 4.79 Å². The van der Waals surface area contributed by atoms with Crippen LogP contribution in [0.15, 0.2) is 4.99 Å². The number of nitrogens with two attached hydrogens (primary N) is 4. The highest BCUT2D eigenvalue weighted by molar-refractivity contribution is 5.96.